The Bertz CT molecular complexity index is 930. The highest BCUT2D eigenvalue weighted by Crippen LogP contribution is 2.33. The molecule has 8 heteroatoms. The summed E-state index contributed by atoms with van der Waals surface area (Å²) >= 11 is 1.51. The van der Waals surface area contributed by atoms with Crippen molar-refractivity contribution in [2.75, 3.05) is 38.7 Å². The van der Waals surface area contributed by atoms with Gasteiger partial charge in [-0.05, 0) is 38.4 Å². The third-order valence-corrected chi connectivity index (χ3v) is 5.39. The first kappa shape index (κ1) is 20.4. The third-order valence-electron chi connectivity index (χ3n) is 4.33. The van der Waals surface area contributed by atoms with Crippen molar-refractivity contribution in [1.82, 2.24) is 9.88 Å². The van der Waals surface area contributed by atoms with E-state index in [4.69, 9.17) is 9.47 Å². The monoisotopic (exact) mass is 419 g/mol. The highest BCUT2D eigenvalue weighted by Gasteiger charge is 2.33. The first-order valence-corrected chi connectivity index (χ1v) is 9.63. The Morgan fingerprint density at radius 3 is 2.57 bits per heavy atom. The SMILES string of the molecule is CN(C)CCN(C(=O)C1COc2ccccc2O1)c1nc2ccccc2s1.Cl. The lowest BCUT2D eigenvalue weighted by molar-refractivity contribution is -0.127. The third kappa shape index (κ3) is 4.22. The average molecular weight is 420 g/mol. The van der Waals surface area contributed by atoms with Crippen LogP contribution in [0.3, 0.4) is 0 Å². The molecule has 0 radical (unpaired) electrons. The van der Waals surface area contributed by atoms with E-state index in [2.05, 4.69) is 4.98 Å². The maximum absolute atomic E-state index is 13.3. The van der Waals surface area contributed by atoms with Crippen molar-refractivity contribution in [3.05, 3.63) is 48.5 Å². The molecule has 0 spiro atoms. The number of para-hydroxylation sites is 3. The Morgan fingerprint density at radius 2 is 1.82 bits per heavy atom. The molecule has 148 valence electrons. The number of anilines is 1. The van der Waals surface area contributed by atoms with Gasteiger partial charge in [0.05, 0.1) is 10.2 Å². The van der Waals surface area contributed by atoms with Gasteiger partial charge in [-0.1, -0.05) is 35.6 Å². The fraction of sp³-hybridized carbons (Fsp3) is 0.300. The van der Waals surface area contributed by atoms with Crippen LogP contribution in [-0.4, -0.2) is 55.7 Å². The van der Waals surface area contributed by atoms with Gasteiger partial charge in [-0.25, -0.2) is 4.98 Å². The Morgan fingerprint density at radius 1 is 1.11 bits per heavy atom. The van der Waals surface area contributed by atoms with Crippen molar-refractivity contribution < 1.29 is 14.3 Å². The summed E-state index contributed by atoms with van der Waals surface area (Å²) in [6, 6.07) is 15.3. The van der Waals surface area contributed by atoms with Gasteiger partial charge in [-0.15, -0.1) is 12.4 Å². The highest BCUT2D eigenvalue weighted by atomic mass is 35.5. The number of ether oxygens (including phenoxy) is 2. The molecule has 0 saturated heterocycles. The maximum Gasteiger partial charge on any atom is 0.273 e. The lowest BCUT2D eigenvalue weighted by Crippen LogP contribution is -2.48. The van der Waals surface area contributed by atoms with Crippen molar-refractivity contribution in [2.24, 2.45) is 0 Å². The van der Waals surface area contributed by atoms with Gasteiger partial charge in [-0.2, -0.15) is 0 Å². The van der Waals surface area contributed by atoms with Gasteiger partial charge in [0.2, 0.25) is 6.10 Å². The Balaban J connectivity index is 0.00000225. The minimum absolute atomic E-state index is 0. The second-order valence-corrected chi connectivity index (χ2v) is 7.63. The predicted molar refractivity (Wildman–Crippen MR) is 114 cm³/mol. The zero-order chi connectivity index (χ0) is 18.8. The normalized spacial score (nSPS) is 15.3. The van der Waals surface area contributed by atoms with Crippen LogP contribution in [0.4, 0.5) is 5.13 Å². The van der Waals surface area contributed by atoms with Gasteiger partial charge < -0.3 is 14.4 Å². The van der Waals surface area contributed by atoms with E-state index in [-0.39, 0.29) is 24.9 Å². The number of aromatic nitrogens is 1. The number of benzene rings is 2. The van der Waals surface area contributed by atoms with Crippen LogP contribution in [0, 0.1) is 0 Å². The van der Waals surface area contributed by atoms with E-state index in [0.717, 1.165) is 16.8 Å². The Labute approximate surface area is 174 Å². The van der Waals surface area contributed by atoms with Crippen LogP contribution < -0.4 is 14.4 Å². The Hall–Kier alpha value is -2.35. The first-order valence-electron chi connectivity index (χ1n) is 8.82. The van der Waals surface area contributed by atoms with Crippen LogP contribution in [0.2, 0.25) is 0 Å². The molecular weight excluding hydrogens is 398 g/mol. The molecular formula is C20H22ClN3O3S. The number of hydrogen-bond donors (Lipinski definition) is 0. The lowest BCUT2D eigenvalue weighted by Gasteiger charge is -2.30. The van der Waals surface area contributed by atoms with Gasteiger partial charge in [-0.3, -0.25) is 9.69 Å². The van der Waals surface area contributed by atoms with Gasteiger partial charge in [0.15, 0.2) is 16.6 Å². The summed E-state index contributed by atoms with van der Waals surface area (Å²) in [6.45, 7) is 1.46. The molecule has 2 heterocycles. The molecule has 0 N–H and O–H groups in total. The molecule has 6 nitrogen and oxygen atoms in total. The number of carbonyl (C=O) groups excluding carboxylic acids is 1. The molecule has 3 aromatic rings. The molecule has 0 aliphatic carbocycles. The summed E-state index contributed by atoms with van der Waals surface area (Å²) < 4.78 is 12.7. The molecule has 0 bridgehead atoms. The number of halogens is 1. The van der Waals surface area contributed by atoms with E-state index >= 15 is 0 Å². The van der Waals surface area contributed by atoms with Crippen molar-refractivity contribution in [3.63, 3.8) is 0 Å². The van der Waals surface area contributed by atoms with Crippen LogP contribution in [0.15, 0.2) is 48.5 Å². The molecule has 0 saturated carbocycles. The zero-order valence-electron chi connectivity index (χ0n) is 15.7. The van der Waals surface area contributed by atoms with E-state index in [0.29, 0.717) is 23.2 Å². The van der Waals surface area contributed by atoms with Crippen molar-refractivity contribution in [3.8, 4) is 11.5 Å². The van der Waals surface area contributed by atoms with Crippen LogP contribution in [-0.2, 0) is 4.79 Å². The summed E-state index contributed by atoms with van der Waals surface area (Å²) in [5.41, 5.74) is 0.895. The number of fused-ring (bicyclic) bond motifs is 2. The largest absolute Gasteiger partial charge is 0.485 e. The van der Waals surface area contributed by atoms with E-state index in [1.54, 1.807) is 4.90 Å². The Kier molecular flexibility index (Phi) is 6.39. The molecule has 1 unspecified atom stereocenters. The van der Waals surface area contributed by atoms with Crippen LogP contribution >= 0.6 is 23.7 Å². The average Bonchev–Trinajstić information content (AvgIpc) is 3.11. The summed E-state index contributed by atoms with van der Waals surface area (Å²) in [5, 5.41) is 0.686. The minimum Gasteiger partial charge on any atom is -0.485 e. The maximum atomic E-state index is 13.3. The molecule has 1 aliphatic heterocycles. The van der Waals surface area contributed by atoms with Crippen molar-refractivity contribution >= 4 is 45.0 Å². The van der Waals surface area contributed by atoms with Crippen LogP contribution in [0.25, 0.3) is 10.2 Å². The molecule has 28 heavy (non-hydrogen) atoms. The number of hydrogen-bond acceptors (Lipinski definition) is 6. The van der Waals surface area contributed by atoms with Gasteiger partial charge in [0.1, 0.15) is 6.61 Å². The molecule has 1 aliphatic rings. The molecule has 2 aromatic carbocycles. The summed E-state index contributed by atoms with van der Waals surface area (Å²) in [5.74, 6) is 1.13. The standard InChI is InChI=1S/C20H21N3O3S.ClH/c1-22(2)11-12-23(20-21-14-7-3-6-10-18(14)27-20)19(24)17-13-25-15-8-4-5-9-16(15)26-17;/h3-10,17H,11-13H2,1-2H3;1H. The van der Waals surface area contributed by atoms with Crippen molar-refractivity contribution in [2.45, 2.75) is 6.10 Å². The topological polar surface area (TPSA) is 54.9 Å². The smallest absolute Gasteiger partial charge is 0.273 e. The fourth-order valence-corrected chi connectivity index (χ4v) is 3.89. The molecule has 4 rings (SSSR count). The zero-order valence-corrected chi connectivity index (χ0v) is 17.3. The number of likely N-dealkylation sites (N-methyl/N-ethyl adjacent to an activating group) is 1. The van der Waals surface area contributed by atoms with Gasteiger partial charge >= 0.3 is 0 Å². The van der Waals surface area contributed by atoms with E-state index in [1.807, 2.05) is 67.5 Å². The van der Waals surface area contributed by atoms with Crippen LogP contribution in [0.1, 0.15) is 0 Å². The second-order valence-electron chi connectivity index (χ2n) is 6.62. The number of amides is 1. The quantitative estimate of drug-likeness (QED) is 0.634. The van der Waals surface area contributed by atoms with E-state index in [9.17, 15) is 4.79 Å². The van der Waals surface area contributed by atoms with Crippen LogP contribution in [0.5, 0.6) is 11.5 Å². The lowest BCUT2D eigenvalue weighted by atomic mass is 10.2. The molecule has 0 fully saturated rings. The number of nitrogens with zero attached hydrogens (tertiary/aromatic N) is 3. The van der Waals surface area contributed by atoms with Gasteiger partial charge in [0, 0.05) is 13.1 Å². The fourth-order valence-electron chi connectivity index (χ4n) is 2.89. The predicted octanol–water partition coefficient (Wildman–Crippen LogP) is 3.45. The second kappa shape index (κ2) is 8.77. The minimum atomic E-state index is -0.686. The van der Waals surface area contributed by atoms with Gasteiger partial charge in [0.25, 0.3) is 5.91 Å². The highest BCUT2D eigenvalue weighted by molar-refractivity contribution is 7.22. The molecule has 1 amide bonds. The van der Waals surface area contributed by atoms with Crippen molar-refractivity contribution in [1.29, 1.82) is 0 Å². The first-order chi connectivity index (χ1) is 13.1. The number of carbonyl (C=O) groups is 1. The molecule has 1 aromatic heterocycles. The summed E-state index contributed by atoms with van der Waals surface area (Å²) in [7, 11) is 3.97. The summed E-state index contributed by atoms with van der Waals surface area (Å²) in [4.78, 5) is 21.7. The van der Waals surface area contributed by atoms with E-state index < -0.39 is 6.10 Å². The number of rotatable bonds is 5. The number of thiazole rings is 1. The molecule has 1 atom stereocenters. The summed E-state index contributed by atoms with van der Waals surface area (Å²) in [6.07, 6.45) is -0.686. The van der Waals surface area contributed by atoms with E-state index in [1.165, 1.54) is 11.3 Å².